The third kappa shape index (κ3) is 3.90. The zero-order valence-corrected chi connectivity index (χ0v) is 12.2. The Morgan fingerprint density at radius 1 is 1.50 bits per heavy atom. The molecule has 0 saturated carbocycles. The minimum atomic E-state index is -1.92. The predicted molar refractivity (Wildman–Crippen MR) is 73.6 cm³/mol. The number of nitrogens with zero attached hydrogens (tertiary/aromatic N) is 3. The van der Waals surface area contributed by atoms with Gasteiger partial charge >= 0.3 is 5.79 Å². The lowest BCUT2D eigenvalue weighted by molar-refractivity contribution is -0.567. The Morgan fingerprint density at radius 3 is 2.55 bits per heavy atom. The van der Waals surface area contributed by atoms with Crippen molar-refractivity contribution in [1.29, 1.82) is 0 Å². The smallest absolute Gasteiger partial charge is 0.384 e. The van der Waals surface area contributed by atoms with E-state index in [1.807, 2.05) is 0 Å². The number of carbonyl (C=O) groups excluding carboxylic acids is 2. The number of methoxy groups -OCH3 is 1. The first kappa shape index (κ1) is 16.4. The number of aliphatic imine (C=N–C) groups is 2. The van der Waals surface area contributed by atoms with Crippen LogP contribution in [-0.2, 0) is 14.3 Å². The summed E-state index contributed by atoms with van der Waals surface area (Å²) in [7, 11) is 1.35. The van der Waals surface area contributed by atoms with Crippen molar-refractivity contribution in [2.45, 2.75) is 12.2 Å². The van der Waals surface area contributed by atoms with Crippen LogP contribution in [0, 0.1) is 16.0 Å². The molecule has 0 aromatic carbocycles. The Hall–Kier alpha value is -1.68. The summed E-state index contributed by atoms with van der Waals surface area (Å²) in [5.74, 6) is -4.03. The van der Waals surface area contributed by atoms with Gasteiger partial charge in [-0.05, 0) is 0 Å². The summed E-state index contributed by atoms with van der Waals surface area (Å²) in [5, 5.41) is 13.2. The lowest BCUT2D eigenvalue weighted by Gasteiger charge is -2.20. The summed E-state index contributed by atoms with van der Waals surface area (Å²) in [6.45, 7) is -0.0813. The molecule has 0 aromatic heterocycles. The van der Waals surface area contributed by atoms with Crippen molar-refractivity contribution in [2.24, 2.45) is 15.9 Å². The number of alkyl halides is 1. The molecule has 0 fully saturated rings. The largest absolute Gasteiger partial charge is 0.412 e. The van der Waals surface area contributed by atoms with Crippen molar-refractivity contribution in [3.63, 3.8) is 0 Å². The number of carbonyl (C=O) groups is 2. The van der Waals surface area contributed by atoms with E-state index < -0.39 is 28.4 Å². The van der Waals surface area contributed by atoms with E-state index in [0.717, 1.165) is 0 Å². The maximum atomic E-state index is 11.9. The molecule has 0 aliphatic carbocycles. The highest BCUT2D eigenvalue weighted by Gasteiger charge is 2.47. The average molecular weight is 349 g/mol. The van der Waals surface area contributed by atoms with Crippen molar-refractivity contribution < 1.29 is 19.2 Å². The molecule has 1 N–H and O–H groups in total. The Bertz CT molecular complexity index is 453. The molecule has 10 heteroatoms. The van der Waals surface area contributed by atoms with Crippen LogP contribution in [0.15, 0.2) is 9.98 Å². The van der Waals surface area contributed by atoms with Gasteiger partial charge in [-0.2, -0.15) is 9.98 Å². The second-order valence-corrected chi connectivity index (χ2v) is 4.55. The van der Waals surface area contributed by atoms with E-state index in [2.05, 4.69) is 31.2 Å². The Morgan fingerprint density at radius 2 is 2.10 bits per heavy atom. The van der Waals surface area contributed by atoms with E-state index >= 15 is 0 Å². The number of imide groups is 1. The molecule has 0 saturated heterocycles. The van der Waals surface area contributed by atoms with Gasteiger partial charge in [0.05, 0.1) is 29.2 Å². The molecule has 0 bridgehead atoms. The lowest BCUT2D eigenvalue weighted by atomic mass is 10.0. The second kappa shape index (κ2) is 7.20. The Balaban J connectivity index is 2.83. The average Bonchev–Trinajstić information content (AvgIpc) is 2.88. The Kier molecular flexibility index (Phi) is 5.89. The molecular weight excluding hydrogens is 336 g/mol. The van der Waals surface area contributed by atoms with Crippen molar-refractivity contribution in [1.82, 2.24) is 5.32 Å². The molecule has 1 atom stereocenters. The number of hydrogen-bond donors (Lipinski definition) is 1. The number of hydrogen-bond acceptors (Lipinski definition) is 7. The summed E-state index contributed by atoms with van der Waals surface area (Å²) < 4.78 is 4.87. The van der Waals surface area contributed by atoms with Crippen LogP contribution in [0.3, 0.4) is 0 Å². The van der Waals surface area contributed by atoms with Crippen LogP contribution in [0.2, 0.25) is 0 Å². The fourth-order valence-electron chi connectivity index (χ4n) is 1.64. The zero-order valence-electron chi connectivity index (χ0n) is 10.6. The Labute approximate surface area is 122 Å². The normalized spacial score (nSPS) is 16.9. The number of nitro groups is 1. The quantitative estimate of drug-likeness (QED) is 0.386. The van der Waals surface area contributed by atoms with Crippen LogP contribution >= 0.6 is 15.9 Å². The highest BCUT2D eigenvalue weighted by molar-refractivity contribution is 9.09. The molecule has 0 aromatic rings. The van der Waals surface area contributed by atoms with Gasteiger partial charge in [-0.1, -0.05) is 15.9 Å². The first-order chi connectivity index (χ1) is 9.45. The molecule has 20 heavy (non-hydrogen) atoms. The standard InChI is InChI=1S/C10H13BrN4O5/c1-20-6-7(9(17)14-8(16)5-11)4-10(15(18)19)12-2-3-13-10/h2-3,7H,4-6H2,1H3,(H,14,16,17). The van der Waals surface area contributed by atoms with E-state index in [0.29, 0.717) is 0 Å². The van der Waals surface area contributed by atoms with Crippen molar-refractivity contribution >= 4 is 40.2 Å². The molecular formula is C10H13BrN4O5. The topological polar surface area (TPSA) is 123 Å². The number of rotatable bonds is 7. The minimum absolute atomic E-state index is 0.0465. The maximum absolute atomic E-state index is 11.9. The van der Waals surface area contributed by atoms with Gasteiger partial charge in [-0.25, -0.2) is 0 Å². The summed E-state index contributed by atoms with van der Waals surface area (Å²) in [6, 6.07) is 0. The number of nitrogens with one attached hydrogen (secondary N) is 1. The first-order valence-electron chi connectivity index (χ1n) is 5.57. The van der Waals surface area contributed by atoms with Crippen LogP contribution in [0.4, 0.5) is 0 Å². The van der Waals surface area contributed by atoms with Gasteiger partial charge in [0, 0.05) is 19.5 Å². The van der Waals surface area contributed by atoms with E-state index in [4.69, 9.17) is 4.74 Å². The van der Waals surface area contributed by atoms with Gasteiger partial charge in [0.2, 0.25) is 11.8 Å². The van der Waals surface area contributed by atoms with Gasteiger partial charge in [0.1, 0.15) is 0 Å². The third-order valence-corrected chi connectivity index (χ3v) is 3.07. The first-order valence-corrected chi connectivity index (χ1v) is 6.69. The monoisotopic (exact) mass is 348 g/mol. The molecule has 2 amide bonds. The van der Waals surface area contributed by atoms with Gasteiger partial charge in [0.25, 0.3) is 0 Å². The summed E-state index contributed by atoms with van der Waals surface area (Å²) in [6.07, 6.45) is 2.12. The highest BCUT2D eigenvalue weighted by Crippen LogP contribution is 2.26. The molecule has 110 valence electrons. The fraction of sp³-hybridized carbons (Fsp3) is 0.600. The number of halogens is 1. The van der Waals surface area contributed by atoms with E-state index in [9.17, 15) is 19.7 Å². The second-order valence-electron chi connectivity index (χ2n) is 3.99. The minimum Gasteiger partial charge on any atom is -0.384 e. The summed E-state index contributed by atoms with van der Waals surface area (Å²) in [5.41, 5.74) is 0. The van der Waals surface area contributed by atoms with Crippen LogP contribution < -0.4 is 5.32 Å². The van der Waals surface area contributed by atoms with E-state index in [-0.39, 0.29) is 18.4 Å². The SMILES string of the molecule is COCC(CC1([N+](=O)[O-])N=CC=N1)C(=O)NC(=O)CBr. The van der Waals surface area contributed by atoms with Crippen LogP contribution in [0.1, 0.15) is 6.42 Å². The van der Waals surface area contributed by atoms with Gasteiger partial charge in [-0.15, -0.1) is 0 Å². The lowest BCUT2D eigenvalue weighted by Crippen LogP contribution is -2.43. The summed E-state index contributed by atoms with van der Waals surface area (Å²) in [4.78, 5) is 40.9. The van der Waals surface area contributed by atoms with Crippen LogP contribution in [0.25, 0.3) is 0 Å². The van der Waals surface area contributed by atoms with Crippen LogP contribution in [-0.4, -0.2) is 54.0 Å². The fourth-order valence-corrected chi connectivity index (χ4v) is 1.79. The molecule has 1 unspecified atom stereocenters. The van der Waals surface area contributed by atoms with Gasteiger partial charge in [-0.3, -0.25) is 25.0 Å². The molecule has 0 radical (unpaired) electrons. The predicted octanol–water partition coefficient (Wildman–Crippen LogP) is -0.238. The van der Waals surface area contributed by atoms with Gasteiger partial charge < -0.3 is 4.74 Å². The molecule has 0 spiro atoms. The molecule has 9 nitrogen and oxygen atoms in total. The number of ether oxygens (including phenoxy) is 1. The van der Waals surface area contributed by atoms with Crippen LogP contribution in [0.5, 0.6) is 0 Å². The van der Waals surface area contributed by atoms with E-state index in [1.165, 1.54) is 19.5 Å². The highest BCUT2D eigenvalue weighted by atomic mass is 79.9. The molecule has 1 rings (SSSR count). The maximum Gasteiger partial charge on any atom is 0.412 e. The van der Waals surface area contributed by atoms with Gasteiger partial charge in [0.15, 0.2) is 0 Å². The van der Waals surface area contributed by atoms with E-state index in [1.54, 1.807) is 0 Å². The molecule has 1 aliphatic rings. The van der Waals surface area contributed by atoms with Crippen molar-refractivity contribution in [3.05, 3.63) is 10.1 Å². The zero-order chi connectivity index (χ0) is 15.2. The van der Waals surface area contributed by atoms with Crippen molar-refractivity contribution in [2.75, 3.05) is 19.0 Å². The molecule has 1 heterocycles. The van der Waals surface area contributed by atoms with Crippen molar-refractivity contribution in [3.8, 4) is 0 Å². The number of amides is 2. The molecule has 1 aliphatic heterocycles. The third-order valence-electron chi connectivity index (χ3n) is 2.56. The summed E-state index contributed by atoms with van der Waals surface area (Å²) >= 11 is 2.90.